The molecule has 0 radical (unpaired) electrons. The lowest BCUT2D eigenvalue weighted by molar-refractivity contribution is 0.0437. The molecule has 38 heavy (non-hydrogen) atoms. The van der Waals surface area contributed by atoms with Gasteiger partial charge in [-0.15, -0.1) is 0 Å². The molecule has 0 amide bonds. The van der Waals surface area contributed by atoms with E-state index in [0.717, 1.165) is 38.7 Å². The highest BCUT2D eigenvalue weighted by atomic mass is 35.5. The molecule has 0 aliphatic rings. The lowest BCUT2D eigenvalue weighted by atomic mass is 9.70. The molecule has 3 aromatic carbocycles. The minimum absolute atomic E-state index is 0.123. The van der Waals surface area contributed by atoms with Crippen LogP contribution in [0.25, 0.3) is 22.0 Å². The van der Waals surface area contributed by atoms with Crippen molar-refractivity contribution in [2.75, 3.05) is 0 Å². The van der Waals surface area contributed by atoms with Crippen LogP contribution in [0.1, 0.15) is 67.7 Å². The van der Waals surface area contributed by atoms with Crippen LogP contribution in [0.2, 0.25) is 5.02 Å². The summed E-state index contributed by atoms with van der Waals surface area (Å²) in [5.41, 5.74) is 6.74. The van der Waals surface area contributed by atoms with E-state index < -0.39 is 5.60 Å². The van der Waals surface area contributed by atoms with E-state index in [1.165, 1.54) is 5.56 Å². The zero-order valence-electron chi connectivity index (χ0n) is 22.3. The second-order valence-electron chi connectivity index (χ2n) is 10.9. The second-order valence-corrected chi connectivity index (χ2v) is 11.3. The number of hydrogen-bond donors (Lipinski definition) is 1. The van der Waals surface area contributed by atoms with Gasteiger partial charge in [-0.05, 0) is 90.0 Å². The largest absolute Gasteiger partial charge is 0.390 e. The molecule has 0 spiro atoms. The first kappa shape index (κ1) is 26.1. The molecule has 0 saturated heterocycles. The summed E-state index contributed by atoms with van der Waals surface area (Å²) < 4.78 is 0. The predicted molar refractivity (Wildman–Crippen MR) is 158 cm³/mol. The van der Waals surface area contributed by atoms with E-state index in [0.29, 0.717) is 10.9 Å². The Kier molecular flexibility index (Phi) is 7.34. The van der Waals surface area contributed by atoms with Crippen molar-refractivity contribution in [3.8, 4) is 11.1 Å². The van der Waals surface area contributed by atoms with Gasteiger partial charge in [0.2, 0.25) is 0 Å². The minimum Gasteiger partial charge on any atom is -0.390 e. The molecule has 192 valence electrons. The number of nitrogens with zero attached hydrogens (tertiary/aromatic N) is 2. The van der Waals surface area contributed by atoms with Crippen LogP contribution in [0.4, 0.5) is 0 Å². The summed E-state index contributed by atoms with van der Waals surface area (Å²) in [5.74, 6) is 0.0514. The fourth-order valence-electron chi connectivity index (χ4n) is 5.49. The molecular formula is C34H33ClN2O. The molecule has 0 fully saturated rings. The van der Waals surface area contributed by atoms with E-state index in [2.05, 4.69) is 73.4 Å². The van der Waals surface area contributed by atoms with Crippen LogP contribution in [-0.4, -0.2) is 20.7 Å². The molecule has 0 bridgehead atoms. The van der Waals surface area contributed by atoms with Crippen molar-refractivity contribution in [1.82, 2.24) is 9.97 Å². The number of aliphatic hydroxyl groups is 1. The Hall–Kier alpha value is -3.53. The molecule has 0 aliphatic heterocycles. The lowest BCUT2D eigenvalue weighted by Gasteiger charge is -2.37. The third kappa shape index (κ3) is 5.36. The summed E-state index contributed by atoms with van der Waals surface area (Å²) in [4.78, 5) is 8.99. The molecular weight excluding hydrogens is 488 g/mol. The monoisotopic (exact) mass is 520 g/mol. The molecule has 5 aromatic rings. The van der Waals surface area contributed by atoms with Gasteiger partial charge in [0.05, 0.1) is 11.1 Å². The summed E-state index contributed by atoms with van der Waals surface area (Å²) in [5, 5.41) is 13.4. The summed E-state index contributed by atoms with van der Waals surface area (Å²) >= 11 is 6.29. The highest BCUT2D eigenvalue weighted by Gasteiger charge is 2.37. The van der Waals surface area contributed by atoms with Crippen molar-refractivity contribution >= 4 is 22.5 Å². The van der Waals surface area contributed by atoms with Gasteiger partial charge in [0.25, 0.3) is 0 Å². The van der Waals surface area contributed by atoms with Gasteiger partial charge in [0, 0.05) is 46.4 Å². The lowest BCUT2D eigenvalue weighted by Crippen LogP contribution is -2.34. The van der Waals surface area contributed by atoms with Gasteiger partial charge in [0.15, 0.2) is 0 Å². The van der Waals surface area contributed by atoms with Crippen LogP contribution in [-0.2, 0) is 0 Å². The van der Waals surface area contributed by atoms with Crippen LogP contribution in [0.15, 0.2) is 104 Å². The van der Waals surface area contributed by atoms with Gasteiger partial charge in [-0.3, -0.25) is 9.97 Å². The summed E-state index contributed by atoms with van der Waals surface area (Å²) in [6, 6.07) is 29.3. The average Bonchev–Trinajstić information content (AvgIpc) is 2.91. The van der Waals surface area contributed by atoms with E-state index in [4.69, 9.17) is 16.6 Å². The normalized spacial score (nSPS) is 13.6. The Morgan fingerprint density at radius 1 is 0.737 bits per heavy atom. The number of benzene rings is 3. The highest BCUT2D eigenvalue weighted by molar-refractivity contribution is 6.30. The molecule has 0 saturated carbocycles. The fraction of sp³-hybridized carbons (Fsp3) is 0.235. The third-order valence-electron chi connectivity index (χ3n) is 7.34. The maximum absolute atomic E-state index is 11.5. The quantitative estimate of drug-likeness (QED) is 0.233. The molecule has 2 heterocycles. The summed E-state index contributed by atoms with van der Waals surface area (Å²) in [6.45, 7) is 8.21. The first-order valence-electron chi connectivity index (χ1n) is 13.1. The maximum Gasteiger partial charge on any atom is 0.0780 e. The molecule has 2 unspecified atom stereocenters. The van der Waals surface area contributed by atoms with Gasteiger partial charge >= 0.3 is 0 Å². The first-order chi connectivity index (χ1) is 18.2. The van der Waals surface area contributed by atoms with Crippen molar-refractivity contribution in [3.63, 3.8) is 0 Å². The molecule has 4 heteroatoms. The SMILES string of the molecule is CC(C)c1cc(-c2cccc(C(c3ccc(Cl)cc3)C(c3ccncc3)C(C)(C)O)c2)c2ncccc2c1. The van der Waals surface area contributed by atoms with Crippen LogP contribution < -0.4 is 0 Å². The molecule has 1 N–H and O–H groups in total. The smallest absolute Gasteiger partial charge is 0.0780 e. The number of halogens is 1. The van der Waals surface area contributed by atoms with Crippen molar-refractivity contribution < 1.29 is 5.11 Å². The topological polar surface area (TPSA) is 46.0 Å². The zero-order valence-corrected chi connectivity index (χ0v) is 23.0. The van der Waals surface area contributed by atoms with E-state index in [1.807, 2.05) is 50.4 Å². The summed E-state index contributed by atoms with van der Waals surface area (Å²) in [6.07, 6.45) is 5.44. The van der Waals surface area contributed by atoms with Crippen molar-refractivity contribution in [2.45, 2.75) is 51.0 Å². The number of fused-ring (bicyclic) bond motifs is 1. The predicted octanol–water partition coefficient (Wildman–Crippen LogP) is 8.76. The molecule has 0 aliphatic carbocycles. The molecule has 2 aromatic heterocycles. The molecule has 3 nitrogen and oxygen atoms in total. The van der Waals surface area contributed by atoms with Crippen molar-refractivity contribution in [2.24, 2.45) is 0 Å². The average molecular weight is 521 g/mol. The van der Waals surface area contributed by atoms with Crippen LogP contribution in [0.5, 0.6) is 0 Å². The number of pyridine rings is 2. The van der Waals surface area contributed by atoms with E-state index >= 15 is 0 Å². The first-order valence-corrected chi connectivity index (χ1v) is 13.5. The number of hydrogen-bond acceptors (Lipinski definition) is 3. The van der Waals surface area contributed by atoms with Gasteiger partial charge in [0.1, 0.15) is 0 Å². The third-order valence-corrected chi connectivity index (χ3v) is 7.59. The van der Waals surface area contributed by atoms with Crippen LogP contribution >= 0.6 is 11.6 Å². The fourth-order valence-corrected chi connectivity index (χ4v) is 5.62. The van der Waals surface area contributed by atoms with E-state index in [1.54, 1.807) is 12.4 Å². The molecule has 2 atom stereocenters. The van der Waals surface area contributed by atoms with E-state index in [9.17, 15) is 5.11 Å². The Morgan fingerprint density at radius 3 is 2.16 bits per heavy atom. The highest BCUT2D eigenvalue weighted by Crippen LogP contribution is 2.46. The van der Waals surface area contributed by atoms with Crippen LogP contribution in [0, 0.1) is 0 Å². The van der Waals surface area contributed by atoms with Gasteiger partial charge in [-0.25, -0.2) is 0 Å². The maximum atomic E-state index is 11.5. The van der Waals surface area contributed by atoms with Crippen LogP contribution in [0.3, 0.4) is 0 Å². The Labute approximate surface area is 230 Å². The summed E-state index contributed by atoms with van der Waals surface area (Å²) in [7, 11) is 0. The van der Waals surface area contributed by atoms with Gasteiger partial charge in [-0.1, -0.05) is 67.9 Å². The minimum atomic E-state index is -1.01. The van der Waals surface area contributed by atoms with E-state index in [-0.39, 0.29) is 11.8 Å². The Morgan fingerprint density at radius 2 is 1.47 bits per heavy atom. The number of rotatable bonds is 7. The molecule has 5 rings (SSSR count). The van der Waals surface area contributed by atoms with Gasteiger partial charge in [-0.2, -0.15) is 0 Å². The number of aromatic nitrogens is 2. The zero-order chi connectivity index (χ0) is 26.9. The van der Waals surface area contributed by atoms with Crippen molar-refractivity contribution in [3.05, 3.63) is 131 Å². The second kappa shape index (κ2) is 10.7. The Bertz CT molecular complexity index is 1540. The standard InChI is InChI=1S/C34H33ClN2O/c1-22(2)28-20-27-9-6-16-37-33(27)30(21-28)25-7-5-8-26(19-25)31(23-10-12-29(35)13-11-23)32(34(3,4)38)24-14-17-36-18-15-24/h5-22,31-32,38H,1-4H3. The van der Waals surface area contributed by atoms with Crippen molar-refractivity contribution in [1.29, 1.82) is 0 Å². The Balaban J connectivity index is 1.73. The van der Waals surface area contributed by atoms with Gasteiger partial charge < -0.3 is 5.11 Å².